The van der Waals surface area contributed by atoms with Gasteiger partial charge in [0.25, 0.3) is 5.69 Å². The van der Waals surface area contributed by atoms with Crippen molar-refractivity contribution in [2.75, 3.05) is 6.61 Å². The van der Waals surface area contributed by atoms with Crippen molar-refractivity contribution in [3.63, 3.8) is 0 Å². The van der Waals surface area contributed by atoms with E-state index in [9.17, 15) is 14.9 Å². The van der Waals surface area contributed by atoms with Crippen LogP contribution in [0.15, 0.2) is 53.2 Å². The Bertz CT molecular complexity index is 984. The molecule has 0 N–H and O–H groups in total. The highest BCUT2D eigenvalue weighted by Crippen LogP contribution is 2.28. The quantitative estimate of drug-likeness (QED) is 0.219. The molecule has 1 aliphatic heterocycles. The minimum atomic E-state index is -0.666. The summed E-state index contributed by atoms with van der Waals surface area (Å²) in [6.45, 7) is 2.64. The monoisotopic (exact) mass is 400 g/mol. The molecular weight excluding hydrogens is 384 g/mol. The van der Waals surface area contributed by atoms with Gasteiger partial charge in [-0.25, -0.2) is 9.79 Å². The number of nitro benzene ring substituents is 1. The second-order valence-corrected chi connectivity index (χ2v) is 6.40. The first-order valence-electron chi connectivity index (χ1n) is 8.68. The number of carbonyl (C=O) groups is 1. The number of non-ortho nitro benzene ring substituents is 1. The lowest BCUT2D eigenvalue weighted by Crippen LogP contribution is -2.06. The predicted octanol–water partition coefficient (Wildman–Crippen LogP) is 4.77. The fraction of sp³-hybridized carbons (Fsp3) is 0.200. The predicted molar refractivity (Wildman–Crippen MR) is 106 cm³/mol. The molecule has 7 nitrogen and oxygen atoms in total. The topological polar surface area (TPSA) is 91.0 Å². The van der Waals surface area contributed by atoms with Crippen molar-refractivity contribution in [3.8, 4) is 5.75 Å². The van der Waals surface area contributed by atoms with Gasteiger partial charge in [0.15, 0.2) is 5.70 Å². The molecule has 28 heavy (non-hydrogen) atoms. The lowest BCUT2D eigenvalue weighted by molar-refractivity contribution is -0.384. The van der Waals surface area contributed by atoms with E-state index in [2.05, 4.69) is 11.9 Å². The summed E-state index contributed by atoms with van der Waals surface area (Å²) in [6, 6.07) is 11.1. The summed E-state index contributed by atoms with van der Waals surface area (Å²) in [5.41, 5.74) is 0.746. The van der Waals surface area contributed by atoms with Crippen molar-refractivity contribution >= 4 is 35.2 Å². The smallest absolute Gasteiger partial charge is 0.363 e. The van der Waals surface area contributed by atoms with Crippen LogP contribution in [0.4, 0.5) is 5.69 Å². The number of ether oxygens (including phenoxy) is 2. The molecule has 0 bridgehead atoms. The first-order valence-corrected chi connectivity index (χ1v) is 9.06. The number of unbranched alkanes of at least 4 members (excludes halogenated alkanes) is 1. The van der Waals surface area contributed by atoms with Crippen LogP contribution in [0.3, 0.4) is 0 Å². The zero-order chi connectivity index (χ0) is 20.1. The molecule has 1 heterocycles. The van der Waals surface area contributed by atoms with Gasteiger partial charge in [-0.05, 0) is 24.6 Å². The van der Waals surface area contributed by atoms with Crippen molar-refractivity contribution in [3.05, 3.63) is 74.4 Å². The number of carbonyl (C=O) groups excluding carboxylic acids is 1. The third-order valence-electron chi connectivity index (χ3n) is 3.98. The SMILES string of the molecule is CCCCOc1ccccc1/C=C1/N=C(c2cc([N+](=O)[O-])ccc2Cl)OC1=O. The zero-order valence-electron chi connectivity index (χ0n) is 15.1. The van der Waals surface area contributed by atoms with Gasteiger partial charge in [-0.3, -0.25) is 10.1 Å². The summed E-state index contributed by atoms with van der Waals surface area (Å²) >= 11 is 6.10. The molecule has 0 amide bonds. The maximum Gasteiger partial charge on any atom is 0.363 e. The second kappa shape index (κ2) is 8.67. The van der Waals surface area contributed by atoms with Gasteiger partial charge in [-0.15, -0.1) is 0 Å². The fourth-order valence-electron chi connectivity index (χ4n) is 2.52. The van der Waals surface area contributed by atoms with E-state index < -0.39 is 10.9 Å². The van der Waals surface area contributed by atoms with Crippen molar-refractivity contribution in [2.45, 2.75) is 19.8 Å². The number of para-hydroxylation sites is 1. The van der Waals surface area contributed by atoms with Gasteiger partial charge >= 0.3 is 5.97 Å². The van der Waals surface area contributed by atoms with E-state index in [1.165, 1.54) is 18.2 Å². The Morgan fingerprint density at radius 2 is 2.07 bits per heavy atom. The Kier molecular flexibility index (Phi) is 6.06. The molecule has 0 aromatic heterocycles. The molecule has 1 aliphatic rings. The molecule has 3 rings (SSSR count). The Labute approximate surface area is 166 Å². The standard InChI is InChI=1S/C20H17ClN2O5/c1-2-3-10-27-18-7-5-4-6-13(18)11-17-20(24)28-19(22-17)15-12-14(23(25)26)8-9-16(15)21/h4-9,11-12H,2-3,10H2,1H3/b17-11+. The number of hydrogen-bond donors (Lipinski definition) is 0. The molecule has 0 radical (unpaired) electrons. The summed E-state index contributed by atoms with van der Waals surface area (Å²) < 4.78 is 10.9. The number of benzene rings is 2. The van der Waals surface area contributed by atoms with E-state index in [0.29, 0.717) is 17.9 Å². The van der Waals surface area contributed by atoms with Gasteiger partial charge in [-0.1, -0.05) is 43.1 Å². The van der Waals surface area contributed by atoms with Crippen LogP contribution in [0.5, 0.6) is 5.75 Å². The molecule has 0 spiro atoms. The molecule has 0 saturated heterocycles. The van der Waals surface area contributed by atoms with Crippen LogP contribution in [0.25, 0.3) is 6.08 Å². The molecule has 144 valence electrons. The van der Waals surface area contributed by atoms with Gasteiger partial charge in [-0.2, -0.15) is 0 Å². The first kappa shape index (κ1) is 19.6. The van der Waals surface area contributed by atoms with Crippen LogP contribution in [0, 0.1) is 10.1 Å². The van der Waals surface area contributed by atoms with Gasteiger partial charge in [0, 0.05) is 17.7 Å². The lowest BCUT2D eigenvalue weighted by atomic mass is 10.1. The van der Waals surface area contributed by atoms with Gasteiger partial charge in [0.1, 0.15) is 5.75 Å². The van der Waals surface area contributed by atoms with Crippen LogP contribution < -0.4 is 4.74 Å². The zero-order valence-corrected chi connectivity index (χ0v) is 15.8. The van der Waals surface area contributed by atoms with E-state index in [1.807, 2.05) is 18.2 Å². The van der Waals surface area contributed by atoms with Crippen LogP contribution in [-0.4, -0.2) is 23.4 Å². The maximum atomic E-state index is 12.2. The number of nitrogens with zero attached hydrogens (tertiary/aromatic N) is 2. The van der Waals surface area contributed by atoms with E-state index in [0.717, 1.165) is 12.8 Å². The number of halogens is 1. The van der Waals surface area contributed by atoms with Crippen molar-refractivity contribution in [1.82, 2.24) is 0 Å². The Hall–Kier alpha value is -3.19. The largest absolute Gasteiger partial charge is 0.493 e. The molecule has 0 unspecified atom stereocenters. The third kappa shape index (κ3) is 4.37. The first-order chi connectivity index (χ1) is 13.5. The van der Waals surface area contributed by atoms with Crippen LogP contribution in [0.2, 0.25) is 5.02 Å². The molecule has 8 heteroatoms. The average molecular weight is 401 g/mol. The van der Waals surface area contributed by atoms with E-state index >= 15 is 0 Å². The van der Waals surface area contributed by atoms with Gasteiger partial charge in [0.2, 0.25) is 5.90 Å². The number of hydrogen-bond acceptors (Lipinski definition) is 6. The molecule has 0 aliphatic carbocycles. The minimum Gasteiger partial charge on any atom is -0.493 e. The molecule has 2 aromatic rings. The van der Waals surface area contributed by atoms with Crippen LogP contribution in [-0.2, 0) is 9.53 Å². The second-order valence-electron chi connectivity index (χ2n) is 6.00. The Balaban J connectivity index is 1.93. The van der Waals surface area contributed by atoms with E-state index in [-0.39, 0.29) is 27.9 Å². The summed E-state index contributed by atoms with van der Waals surface area (Å²) in [4.78, 5) is 26.8. The number of cyclic esters (lactones) is 1. The summed E-state index contributed by atoms with van der Waals surface area (Å²) in [5.74, 6) is -0.108. The summed E-state index contributed by atoms with van der Waals surface area (Å²) in [5, 5.41) is 11.2. The number of nitro groups is 1. The molecule has 0 saturated carbocycles. The van der Waals surface area contributed by atoms with E-state index in [1.54, 1.807) is 12.1 Å². The van der Waals surface area contributed by atoms with E-state index in [4.69, 9.17) is 21.1 Å². The van der Waals surface area contributed by atoms with Gasteiger partial charge in [0.05, 0.1) is 22.1 Å². The molecule has 0 fully saturated rings. The number of aliphatic imine (C=N–C) groups is 1. The summed E-state index contributed by atoms with van der Waals surface area (Å²) in [6.07, 6.45) is 3.48. The minimum absolute atomic E-state index is 0.0594. The molecular formula is C20H17ClN2O5. The Morgan fingerprint density at radius 1 is 1.29 bits per heavy atom. The number of esters is 1. The van der Waals surface area contributed by atoms with Crippen molar-refractivity contribution < 1.29 is 19.2 Å². The molecule has 2 aromatic carbocycles. The van der Waals surface area contributed by atoms with Crippen LogP contribution in [0.1, 0.15) is 30.9 Å². The van der Waals surface area contributed by atoms with Crippen LogP contribution >= 0.6 is 11.6 Å². The van der Waals surface area contributed by atoms with Crippen molar-refractivity contribution in [2.24, 2.45) is 4.99 Å². The fourth-order valence-corrected chi connectivity index (χ4v) is 2.72. The van der Waals surface area contributed by atoms with Gasteiger partial charge < -0.3 is 9.47 Å². The average Bonchev–Trinajstić information content (AvgIpc) is 3.03. The maximum absolute atomic E-state index is 12.2. The highest BCUT2D eigenvalue weighted by molar-refractivity contribution is 6.34. The number of rotatable bonds is 7. The highest BCUT2D eigenvalue weighted by Gasteiger charge is 2.27. The summed E-state index contributed by atoms with van der Waals surface area (Å²) in [7, 11) is 0. The molecule has 0 atom stereocenters. The third-order valence-corrected chi connectivity index (χ3v) is 4.31. The normalized spacial score (nSPS) is 14.7. The van der Waals surface area contributed by atoms with Crippen molar-refractivity contribution in [1.29, 1.82) is 0 Å². The lowest BCUT2D eigenvalue weighted by Gasteiger charge is -2.08. The Morgan fingerprint density at radius 3 is 2.82 bits per heavy atom. The highest BCUT2D eigenvalue weighted by atomic mass is 35.5.